The first-order valence-corrected chi connectivity index (χ1v) is 8.47. The summed E-state index contributed by atoms with van der Waals surface area (Å²) in [5.41, 5.74) is 4.84. The number of rotatable bonds is 3. The Balaban J connectivity index is 2.05. The Bertz CT molecular complexity index is 764. The molecule has 0 saturated carbocycles. The van der Waals surface area contributed by atoms with Crippen LogP contribution in [0.2, 0.25) is 10.0 Å². The molecule has 4 nitrogen and oxygen atoms in total. The van der Waals surface area contributed by atoms with E-state index in [2.05, 4.69) is 24.3 Å². The minimum atomic E-state index is -0.434. The van der Waals surface area contributed by atoms with Crippen LogP contribution in [-0.2, 0) is 10.2 Å². The van der Waals surface area contributed by atoms with Crippen molar-refractivity contribution in [1.29, 1.82) is 0 Å². The fourth-order valence-electron chi connectivity index (χ4n) is 3.34. The van der Waals surface area contributed by atoms with Crippen LogP contribution in [0.15, 0.2) is 42.7 Å². The summed E-state index contributed by atoms with van der Waals surface area (Å²) in [5.74, 6) is -0.227. The van der Waals surface area contributed by atoms with Crippen molar-refractivity contribution in [3.63, 3.8) is 0 Å². The van der Waals surface area contributed by atoms with Crippen LogP contribution in [0.25, 0.3) is 0 Å². The van der Waals surface area contributed by atoms with Gasteiger partial charge < -0.3 is 0 Å². The maximum Gasteiger partial charge on any atom is 0.242 e. The SMILES string of the molecule is CN1NC(c2ccncc2)C(C(C)(C)c2ccc(Cl)c(Cl)c2)C1=O. The van der Waals surface area contributed by atoms with E-state index in [1.54, 1.807) is 30.5 Å². The minimum Gasteiger partial charge on any atom is -0.280 e. The van der Waals surface area contributed by atoms with Crippen molar-refractivity contribution < 1.29 is 4.79 Å². The molecule has 0 aliphatic carbocycles. The van der Waals surface area contributed by atoms with Crippen LogP contribution in [0.1, 0.15) is 31.0 Å². The molecular formula is C18H19Cl2N3O. The molecule has 1 amide bonds. The Morgan fingerprint density at radius 3 is 2.42 bits per heavy atom. The number of carbonyl (C=O) groups is 1. The molecule has 1 aliphatic rings. The molecule has 2 heterocycles. The number of halogens is 2. The Morgan fingerprint density at radius 1 is 1.12 bits per heavy atom. The smallest absolute Gasteiger partial charge is 0.242 e. The van der Waals surface area contributed by atoms with Crippen LogP contribution >= 0.6 is 23.2 Å². The first-order valence-electron chi connectivity index (χ1n) is 7.71. The summed E-state index contributed by atoms with van der Waals surface area (Å²) in [6, 6.07) is 9.29. The first-order chi connectivity index (χ1) is 11.3. The Morgan fingerprint density at radius 2 is 1.79 bits per heavy atom. The summed E-state index contributed by atoms with van der Waals surface area (Å²) >= 11 is 12.2. The van der Waals surface area contributed by atoms with E-state index < -0.39 is 5.41 Å². The van der Waals surface area contributed by atoms with Crippen LogP contribution < -0.4 is 5.43 Å². The quantitative estimate of drug-likeness (QED) is 0.896. The van der Waals surface area contributed by atoms with Crippen molar-refractivity contribution in [3.8, 4) is 0 Å². The van der Waals surface area contributed by atoms with E-state index in [0.29, 0.717) is 10.0 Å². The van der Waals surface area contributed by atoms with Crippen molar-refractivity contribution in [3.05, 3.63) is 63.9 Å². The van der Waals surface area contributed by atoms with Gasteiger partial charge in [-0.25, -0.2) is 5.43 Å². The van der Waals surface area contributed by atoms with E-state index in [9.17, 15) is 4.79 Å². The Hall–Kier alpha value is -1.62. The van der Waals surface area contributed by atoms with Gasteiger partial charge in [-0.15, -0.1) is 0 Å². The molecular weight excluding hydrogens is 345 g/mol. The van der Waals surface area contributed by atoms with Gasteiger partial charge in [0.05, 0.1) is 22.0 Å². The molecule has 1 aliphatic heterocycles. The zero-order valence-corrected chi connectivity index (χ0v) is 15.3. The standard InChI is InChI=1S/C18H19Cl2N3O/c1-18(2,12-4-5-13(19)14(20)10-12)15-16(22-23(3)17(15)24)11-6-8-21-9-7-11/h4-10,15-16,22H,1-3H3. The molecule has 0 bridgehead atoms. The van der Waals surface area contributed by atoms with Crippen LogP contribution in [0.3, 0.4) is 0 Å². The topological polar surface area (TPSA) is 45.2 Å². The van der Waals surface area contributed by atoms with E-state index in [4.69, 9.17) is 23.2 Å². The molecule has 6 heteroatoms. The fourth-order valence-corrected chi connectivity index (χ4v) is 3.64. The van der Waals surface area contributed by atoms with Crippen LogP contribution in [0.5, 0.6) is 0 Å². The molecule has 1 aromatic heterocycles. The van der Waals surface area contributed by atoms with Gasteiger partial charge in [-0.05, 0) is 35.4 Å². The van der Waals surface area contributed by atoms with Crippen molar-refractivity contribution in [2.45, 2.75) is 25.3 Å². The number of hydrogen-bond donors (Lipinski definition) is 1. The third kappa shape index (κ3) is 2.90. The van der Waals surface area contributed by atoms with Gasteiger partial charge in [-0.2, -0.15) is 0 Å². The predicted octanol–water partition coefficient (Wildman–Crippen LogP) is 4.00. The molecule has 24 heavy (non-hydrogen) atoms. The van der Waals surface area contributed by atoms with Crippen molar-refractivity contribution in [2.24, 2.45) is 5.92 Å². The second-order valence-corrected chi connectivity index (χ2v) is 7.43. The van der Waals surface area contributed by atoms with Crippen molar-refractivity contribution in [2.75, 3.05) is 7.05 Å². The number of hydrogen-bond acceptors (Lipinski definition) is 3. The molecule has 1 fully saturated rings. The molecule has 1 aromatic carbocycles. The third-order valence-corrected chi connectivity index (χ3v) is 5.51. The van der Waals surface area contributed by atoms with E-state index in [1.165, 1.54) is 0 Å². The highest BCUT2D eigenvalue weighted by Gasteiger charge is 2.48. The van der Waals surface area contributed by atoms with Crippen LogP contribution in [0.4, 0.5) is 0 Å². The number of nitrogens with one attached hydrogen (secondary N) is 1. The molecule has 1 saturated heterocycles. The van der Waals surface area contributed by atoms with Gasteiger partial charge in [0.25, 0.3) is 0 Å². The fraction of sp³-hybridized carbons (Fsp3) is 0.333. The molecule has 2 aromatic rings. The molecule has 0 spiro atoms. The molecule has 3 rings (SSSR count). The Labute approximate surface area is 151 Å². The number of pyridine rings is 1. The monoisotopic (exact) mass is 363 g/mol. The summed E-state index contributed by atoms with van der Waals surface area (Å²) in [4.78, 5) is 16.9. The highest BCUT2D eigenvalue weighted by Crippen LogP contribution is 2.44. The first kappa shape index (κ1) is 17.2. The second-order valence-electron chi connectivity index (χ2n) is 6.61. The lowest BCUT2D eigenvalue weighted by Crippen LogP contribution is -2.37. The largest absolute Gasteiger partial charge is 0.280 e. The van der Waals surface area contributed by atoms with E-state index in [1.807, 2.05) is 24.3 Å². The zero-order chi connectivity index (χ0) is 17.5. The summed E-state index contributed by atoms with van der Waals surface area (Å²) in [7, 11) is 1.75. The number of carbonyl (C=O) groups excluding carboxylic acids is 1. The van der Waals surface area contributed by atoms with Crippen LogP contribution in [-0.4, -0.2) is 22.9 Å². The van der Waals surface area contributed by atoms with Crippen LogP contribution in [0, 0.1) is 5.92 Å². The van der Waals surface area contributed by atoms with E-state index in [-0.39, 0.29) is 17.9 Å². The minimum absolute atomic E-state index is 0.0490. The normalized spacial score (nSPS) is 21.4. The number of hydrazine groups is 1. The van der Waals surface area contributed by atoms with Gasteiger partial charge in [0.1, 0.15) is 0 Å². The molecule has 2 unspecified atom stereocenters. The Kier molecular flexibility index (Phi) is 4.56. The maximum atomic E-state index is 12.8. The summed E-state index contributed by atoms with van der Waals surface area (Å²) < 4.78 is 0. The van der Waals surface area contributed by atoms with Gasteiger partial charge in [-0.3, -0.25) is 14.8 Å². The van der Waals surface area contributed by atoms with Gasteiger partial charge in [0.15, 0.2) is 0 Å². The van der Waals surface area contributed by atoms with Gasteiger partial charge in [-0.1, -0.05) is 43.1 Å². The molecule has 126 valence electrons. The highest BCUT2D eigenvalue weighted by molar-refractivity contribution is 6.42. The third-order valence-electron chi connectivity index (χ3n) is 4.77. The summed E-state index contributed by atoms with van der Waals surface area (Å²) in [6.07, 6.45) is 3.48. The lowest BCUT2D eigenvalue weighted by Gasteiger charge is -2.34. The zero-order valence-electron chi connectivity index (χ0n) is 13.8. The summed E-state index contributed by atoms with van der Waals surface area (Å²) in [6.45, 7) is 4.12. The number of nitrogens with zero attached hydrogens (tertiary/aromatic N) is 2. The number of amides is 1. The van der Waals surface area contributed by atoms with E-state index >= 15 is 0 Å². The van der Waals surface area contributed by atoms with Gasteiger partial charge in [0, 0.05) is 24.9 Å². The van der Waals surface area contributed by atoms with Crippen molar-refractivity contribution in [1.82, 2.24) is 15.4 Å². The average Bonchev–Trinajstić information content (AvgIpc) is 2.87. The summed E-state index contributed by atoms with van der Waals surface area (Å²) in [5, 5.41) is 2.57. The van der Waals surface area contributed by atoms with Gasteiger partial charge >= 0.3 is 0 Å². The second kappa shape index (κ2) is 6.36. The molecule has 0 radical (unpaired) electrons. The lowest BCUT2D eigenvalue weighted by molar-refractivity contribution is -0.132. The average molecular weight is 364 g/mol. The highest BCUT2D eigenvalue weighted by atomic mass is 35.5. The molecule has 2 atom stereocenters. The van der Waals surface area contributed by atoms with Gasteiger partial charge in [0.2, 0.25) is 5.91 Å². The maximum absolute atomic E-state index is 12.8. The van der Waals surface area contributed by atoms with Crippen molar-refractivity contribution >= 4 is 29.1 Å². The lowest BCUT2D eigenvalue weighted by atomic mass is 9.69. The number of aromatic nitrogens is 1. The predicted molar refractivity (Wildman–Crippen MR) is 95.9 cm³/mol. The van der Waals surface area contributed by atoms with E-state index in [0.717, 1.165) is 11.1 Å². The molecule has 1 N–H and O–H groups in total. The number of benzene rings is 1.